The summed E-state index contributed by atoms with van der Waals surface area (Å²) in [5.41, 5.74) is 0.232. The molecule has 0 spiro atoms. The first-order valence-electron chi connectivity index (χ1n) is 4.78. The van der Waals surface area contributed by atoms with Crippen molar-refractivity contribution in [2.45, 2.75) is 19.8 Å². The molecule has 5 heteroatoms. The van der Waals surface area contributed by atoms with Crippen molar-refractivity contribution in [3.8, 4) is 0 Å². The Kier molecular flexibility index (Phi) is 4.55. The molecule has 2 N–H and O–H groups in total. The zero-order chi connectivity index (χ0) is 11.3. The van der Waals surface area contributed by atoms with Crippen molar-refractivity contribution in [2.75, 3.05) is 11.9 Å². The Labute approximate surface area is 96.8 Å². The van der Waals surface area contributed by atoms with Gasteiger partial charge in [-0.05, 0) is 34.5 Å². The summed E-state index contributed by atoms with van der Waals surface area (Å²) in [5.74, 6) is -0.355. The van der Waals surface area contributed by atoms with Gasteiger partial charge in [-0.1, -0.05) is 13.3 Å². The van der Waals surface area contributed by atoms with E-state index < -0.39 is 5.97 Å². The van der Waals surface area contributed by atoms with E-state index in [1.165, 1.54) is 12.1 Å². The normalized spacial score (nSPS) is 10.0. The Morgan fingerprint density at radius 3 is 2.93 bits per heavy atom. The number of carboxylic acid groups (broad SMARTS) is 1. The molecule has 0 radical (unpaired) electrons. The maximum atomic E-state index is 10.8. The van der Waals surface area contributed by atoms with E-state index in [4.69, 9.17) is 5.11 Å². The van der Waals surface area contributed by atoms with E-state index in [-0.39, 0.29) is 5.56 Å². The summed E-state index contributed by atoms with van der Waals surface area (Å²) in [4.78, 5) is 14.9. The van der Waals surface area contributed by atoms with E-state index in [9.17, 15) is 4.79 Å². The number of carbonyl (C=O) groups is 1. The van der Waals surface area contributed by atoms with E-state index in [2.05, 4.69) is 33.2 Å². The first-order valence-corrected chi connectivity index (χ1v) is 5.57. The number of unbranched alkanes of at least 4 members (excludes halogenated alkanes) is 1. The number of nitrogens with one attached hydrogen (secondary N) is 1. The van der Waals surface area contributed by atoms with Crippen LogP contribution in [0.15, 0.2) is 16.7 Å². The summed E-state index contributed by atoms with van der Waals surface area (Å²) in [6.45, 7) is 2.90. The number of carboxylic acids is 1. The maximum Gasteiger partial charge on any atom is 0.335 e. The van der Waals surface area contributed by atoms with Crippen molar-refractivity contribution in [2.24, 2.45) is 0 Å². The van der Waals surface area contributed by atoms with Crippen LogP contribution in [0.3, 0.4) is 0 Å². The van der Waals surface area contributed by atoms with Gasteiger partial charge in [0, 0.05) is 6.54 Å². The Morgan fingerprint density at radius 1 is 1.60 bits per heavy atom. The molecule has 0 aliphatic carbocycles. The molecular formula is C10H13BrN2O2. The summed E-state index contributed by atoms with van der Waals surface area (Å²) in [7, 11) is 0. The number of hydrogen-bond donors (Lipinski definition) is 2. The van der Waals surface area contributed by atoms with Gasteiger partial charge in [-0.3, -0.25) is 0 Å². The molecule has 1 heterocycles. The summed E-state index contributed by atoms with van der Waals surface area (Å²) in [6, 6.07) is 3.01. The van der Waals surface area contributed by atoms with Crippen LogP contribution >= 0.6 is 15.9 Å². The minimum Gasteiger partial charge on any atom is -0.478 e. The number of hydrogen-bond acceptors (Lipinski definition) is 3. The average Bonchev–Trinajstić information content (AvgIpc) is 2.17. The van der Waals surface area contributed by atoms with Gasteiger partial charge in [0.25, 0.3) is 0 Å². The van der Waals surface area contributed by atoms with Crippen molar-refractivity contribution in [3.05, 3.63) is 22.3 Å². The minimum atomic E-state index is -0.948. The van der Waals surface area contributed by atoms with Crippen LogP contribution in [0.1, 0.15) is 30.1 Å². The molecule has 0 aliphatic heterocycles. The predicted molar refractivity (Wildman–Crippen MR) is 62.3 cm³/mol. The van der Waals surface area contributed by atoms with Crippen LogP contribution in [-0.2, 0) is 0 Å². The molecule has 1 aromatic heterocycles. The van der Waals surface area contributed by atoms with Crippen molar-refractivity contribution in [1.29, 1.82) is 0 Å². The first-order chi connectivity index (χ1) is 7.13. The second kappa shape index (κ2) is 5.70. The quantitative estimate of drug-likeness (QED) is 0.639. The Balaban J connectivity index is 2.75. The van der Waals surface area contributed by atoms with Crippen LogP contribution in [0, 0.1) is 0 Å². The fourth-order valence-electron chi connectivity index (χ4n) is 1.10. The number of anilines is 1. The fraction of sp³-hybridized carbons (Fsp3) is 0.400. The van der Waals surface area contributed by atoms with Crippen LogP contribution in [0.5, 0.6) is 0 Å². The lowest BCUT2D eigenvalue weighted by atomic mass is 10.2. The molecule has 0 bridgehead atoms. The highest BCUT2D eigenvalue weighted by Crippen LogP contribution is 2.15. The number of rotatable bonds is 5. The molecule has 0 atom stereocenters. The lowest BCUT2D eigenvalue weighted by molar-refractivity contribution is 0.0696. The highest BCUT2D eigenvalue weighted by atomic mass is 79.9. The first kappa shape index (κ1) is 12.0. The van der Waals surface area contributed by atoms with E-state index in [0.717, 1.165) is 19.4 Å². The molecule has 0 aliphatic rings. The third-order valence-electron chi connectivity index (χ3n) is 1.88. The molecule has 0 fully saturated rings. The number of aromatic nitrogens is 1. The van der Waals surface area contributed by atoms with Crippen LogP contribution in [0.25, 0.3) is 0 Å². The standard InChI is InChI=1S/C10H13BrN2O2/c1-2-3-4-12-9-6-7(10(14)15)5-8(11)13-9/h5-6H,2-4H2,1H3,(H,12,13)(H,14,15). The van der Waals surface area contributed by atoms with Gasteiger partial charge in [-0.25, -0.2) is 9.78 Å². The monoisotopic (exact) mass is 272 g/mol. The largest absolute Gasteiger partial charge is 0.478 e. The molecule has 0 amide bonds. The van der Waals surface area contributed by atoms with Gasteiger partial charge in [-0.15, -0.1) is 0 Å². The SMILES string of the molecule is CCCCNc1cc(C(=O)O)cc(Br)n1. The number of pyridine rings is 1. The average molecular weight is 273 g/mol. The number of nitrogens with zero attached hydrogens (tertiary/aromatic N) is 1. The summed E-state index contributed by atoms with van der Waals surface area (Å²) in [6.07, 6.45) is 2.13. The smallest absolute Gasteiger partial charge is 0.335 e. The van der Waals surface area contributed by atoms with Gasteiger partial charge in [-0.2, -0.15) is 0 Å². The molecule has 0 saturated carbocycles. The molecule has 0 aromatic carbocycles. The lowest BCUT2D eigenvalue weighted by Crippen LogP contribution is -2.05. The zero-order valence-corrected chi connectivity index (χ0v) is 10.0. The molecule has 1 aromatic rings. The fourth-order valence-corrected chi connectivity index (χ4v) is 1.54. The second-order valence-electron chi connectivity index (χ2n) is 3.15. The predicted octanol–water partition coefficient (Wildman–Crippen LogP) is 2.75. The Bertz CT molecular complexity index is 355. The zero-order valence-electron chi connectivity index (χ0n) is 8.46. The van der Waals surface area contributed by atoms with Crippen molar-refractivity contribution < 1.29 is 9.90 Å². The lowest BCUT2D eigenvalue weighted by Gasteiger charge is -2.05. The van der Waals surface area contributed by atoms with Gasteiger partial charge in [0.2, 0.25) is 0 Å². The topological polar surface area (TPSA) is 62.2 Å². The van der Waals surface area contributed by atoms with E-state index in [0.29, 0.717) is 10.4 Å². The third kappa shape index (κ3) is 3.87. The van der Waals surface area contributed by atoms with E-state index in [1.54, 1.807) is 0 Å². The van der Waals surface area contributed by atoms with Gasteiger partial charge in [0.05, 0.1) is 5.56 Å². The molecule has 0 unspecified atom stereocenters. The van der Waals surface area contributed by atoms with Crippen LogP contribution in [-0.4, -0.2) is 22.6 Å². The molecule has 1 rings (SSSR count). The summed E-state index contributed by atoms with van der Waals surface area (Å²) < 4.78 is 0.529. The van der Waals surface area contributed by atoms with Crippen LogP contribution in [0.4, 0.5) is 5.82 Å². The summed E-state index contributed by atoms with van der Waals surface area (Å²) >= 11 is 3.18. The summed E-state index contributed by atoms with van der Waals surface area (Å²) in [5, 5.41) is 11.9. The molecule has 4 nitrogen and oxygen atoms in total. The van der Waals surface area contributed by atoms with Crippen molar-refractivity contribution in [1.82, 2.24) is 4.98 Å². The minimum absolute atomic E-state index is 0.232. The van der Waals surface area contributed by atoms with Gasteiger partial charge < -0.3 is 10.4 Å². The Morgan fingerprint density at radius 2 is 2.33 bits per heavy atom. The number of halogens is 1. The third-order valence-corrected chi connectivity index (χ3v) is 2.28. The van der Waals surface area contributed by atoms with Gasteiger partial charge in [0.15, 0.2) is 0 Å². The van der Waals surface area contributed by atoms with Gasteiger partial charge >= 0.3 is 5.97 Å². The molecule has 0 saturated heterocycles. The van der Waals surface area contributed by atoms with Crippen molar-refractivity contribution in [3.63, 3.8) is 0 Å². The number of aromatic carboxylic acids is 1. The maximum absolute atomic E-state index is 10.8. The van der Waals surface area contributed by atoms with Gasteiger partial charge in [0.1, 0.15) is 10.4 Å². The second-order valence-corrected chi connectivity index (χ2v) is 3.96. The molecule has 15 heavy (non-hydrogen) atoms. The highest BCUT2D eigenvalue weighted by Gasteiger charge is 2.06. The van der Waals surface area contributed by atoms with Crippen LogP contribution in [0.2, 0.25) is 0 Å². The van der Waals surface area contributed by atoms with E-state index >= 15 is 0 Å². The van der Waals surface area contributed by atoms with E-state index in [1.807, 2.05) is 0 Å². The molecular weight excluding hydrogens is 260 g/mol. The highest BCUT2D eigenvalue weighted by molar-refractivity contribution is 9.10. The molecule has 82 valence electrons. The van der Waals surface area contributed by atoms with Crippen molar-refractivity contribution >= 4 is 27.7 Å². The Hall–Kier alpha value is -1.10. The van der Waals surface area contributed by atoms with Crippen LogP contribution < -0.4 is 5.32 Å².